The number of fused-ring (bicyclic) bond motifs is 1. The highest BCUT2D eigenvalue weighted by Crippen LogP contribution is 2.39. The highest BCUT2D eigenvalue weighted by Gasteiger charge is 2.41. The number of alkyl halides is 3. The lowest BCUT2D eigenvalue weighted by molar-refractivity contribution is -0.186. The lowest BCUT2D eigenvalue weighted by Gasteiger charge is -2.33. The Hall–Kier alpha value is -2.58. The predicted molar refractivity (Wildman–Crippen MR) is 103 cm³/mol. The van der Waals surface area contributed by atoms with Gasteiger partial charge in [-0.25, -0.2) is 9.97 Å². The van der Waals surface area contributed by atoms with Crippen LogP contribution in [0.15, 0.2) is 18.5 Å². The zero-order valence-electron chi connectivity index (χ0n) is 16.2. The molecule has 1 amide bonds. The number of carbonyl (C=O) groups excluding carboxylic acids is 1. The standard InChI is InChI=1S/C20H24F3N5O/c1-2-15(14-9-25-19-18(14)27-16(10-26-19)12-3-4-12)24-11-17(29)28-7-5-13(6-8-28)20(21,22)23/h2,9-10,12-13,24H,3-8,11H2,1H3,(H,25,26). The normalized spacial score (nSPS) is 19.0. The van der Waals surface area contributed by atoms with Crippen LogP contribution in [0.4, 0.5) is 13.2 Å². The van der Waals surface area contributed by atoms with Gasteiger partial charge in [-0.2, -0.15) is 13.2 Å². The molecule has 1 aliphatic heterocycles. The first-order chi connectivity index (χ1) is 13.9. The average molecular weight is 407 g/mol. The van der Waals surface area contributed by atoms with E-state index < -0.39 is 12.1 Å². The van der Waals surface area contributed by atoms with Gasteiger partial charge in [-0.05, 0) is 32.6 Å². The Morgan fingerprint density at radius 3 is 2.66 bits per heavy atom. The molecule has 0 atom stereocenters. The van der Waals surface area contributed by atoms with E-state index in [0.717, 1.165) is 35.3 Å². The molecule has 29 heavy (non-hydrogen) atoms. The second-order valence-corrected chi connectivity index (χ2v) is 7.72. The molecule has 4 rings (SSSR count). The summed E-state index contributed by atoms with van der Waals surface area (Å²) in [6.07, 6.45) is 3.49. The number of halogens is 3. The summed E-state index contributed by atoms with van der Waals surface area (Å²) in [5.74, 6) is -1.02. The van der Waals surface area contributed by atoms with Gasteiger partial charge < -0.3 is 15.2 Å². The number of rotatable bonds is 5. The lowest BCUT2D eigenvalue weighted by atomic mass is 9.96. The van der Waals surface area contributed by atoms with Gasteiger partial charge >= 0.3 is 6.18 Å². The second kappa shape index (κ2) is 7.68. The number of aromatic nitrogens is 3. The van der Waals surface area contributed by atoms with Crippen molar-refractivity contribution in [3.8, 4) is 0 Å². The fraction of sp³-hybridized carbons (Fsp3) is 0.550. The molecule has 2 fully saturated rings. The maximum atomic E-state index is 12.8. The Labute approximate surface area is 166 Å². The van der Waals surface area contributed by atoms with Crippen molar-refractivity contribution in [3.63, 3.8) is 0 Å². The highest BCUT2D eigenvalue weighted by molar-refractivity contribution is 5.88. The van der Waals surface area contributed by atoms with Crippen LogP contribution in [0.1, 0.15) is 49.8 Å². The molecule has 0 spiro atoms. The topological polar surface area (TPSA) is 73.9 Å². The van der Waals surface area contributed by atoms with Crippen LogP contribution in [0.2, 0.25) is 0 Å². The molecule has 2 aromatic rings. The first kappa shape index (κ1) is 19.7. The Morgan fingerprint density at radius 2 is 2.03 bits per heavy atom. The molecule has 2 aliphatic rings. The van der Waals surface area contributed by atoms with Gasteiger partial charge in [0.1, 0.15) is 5.52 Å². The molecule has 1 saturated heterocycles. The van der Waals surface area contributed by atoms with Crippen molar-refractivity contribution in [2.75, 3.05) is 19.6 Å². The molecule has 6 nitrogen and oxygen atoms in total. The van der Waals surface area contributed by atoms with Crippen LogP contribution in [-0.2, 0) is 4.79 Å². The van der Waals surface area contributed by atoms with E-state index in [1.165, 1.54) is 4.90 Å². The Morgan fingerprint density at radius 1 is 1.31 bits per heavy atom. The minimum absolute atomic E-state index is 0.0266. The fourth-order valence-electron chi connectivity index (χ4n) is 3.78. The minimum atomic E-state index is -4.18. The Kier molecular flexibility index (Phi) is 5.23. The van der Waals surface area contributed by atoms with E-state index in [-0.39, 0.29) is 38.4 Å². The summed E-state index contributed by atoms with van der Waals surface area (Å²) in [5.41, 5.74) is 4.01. The van der Waals surface area contributed by atoms with Crippen LogP contribution in [0.25, 0.3) is 16.9 Å². The summed E-state index contributed by atoms with van der Waals surface area (Å²) in [5, 5.41) is 3.13. The number of piperidine rings is 1. The smallest absolute Gasteiger partial charge is 0.376 e. The third-order valence-corrected chi connectivity index (χ3v) is 5.71. The Bertz CT molecular complexity index is 924. The van der Waals surface area contributed by atoms with Crippen molar-refractivity contribution in [1.29, 1.82) is 0 Å². The van der Waals surface area contributed by atoms with Gasteiger partial charge in [0, 0.05) is 36.5 Å². The number of hydrogen-bond acceptors (Lipinski definition) is 4. The number of carbonyl (C=O) groups is 1. The minimum Gasteiger partial charge on any atom is -0.376 e. The monoisotopic (exact) mass is 407 g/mol. The molecule has 3 heterocycles. The third-order valence-electron chi connectivity index (χ3n) is 5.71. The van der Waals surface area contributed by atoms with Crippen LogP contribution in [0.3, 0.4) is 0 Å². The number of allylic oxidation sites excluding steroid dienone is 1. The largest absolute Gasteiger partial charge is 0.391 e. The average Bonchev–Trinajstić information content (AvgIpc) is 3.48. The van der Waals surface area contributed by atoms with Gasteiger partial charge in [-0.3, -0.25) is 4.79 Å². The van der Waals surface area contributed by atoms with E-state index >= 15 is 0 Å². The van der Waals surface area contributed by atoms with Crippen molar-refractivity contribution in [2.45, 2.75) is 44.7 Å². The number of aromatic amines is 1. The first-order valence-electron chi connectivity index (χ1n) is 9.96. The zero-order valence-corrected chi connectivity index (χ0v) is 16.2. The van der Waals surface area contributed by atoms with Crippen molar-refractivity contribution < 1.29 is 18.0 Å². The summed E-state index contributed by atoms with van der Waals surface area (Å²) >= 11 is 0. The molecule has 2 N–H and O–H groups in total. The van der Waals surface area contributed by atoms with Crippen molar-refractivity contribution in [1.82, 2.24) is 25.2 Å². The van der Waals surface area contributed by atoms with Crippen LogP contribution in [0.5, 0.6) is 0 Å². The second-order valence-electron chi connectivity index (χ2n) is 7.72. The molecule has 0 bridgehead atoms. The summed E-state index contributed by atoms with van der Waals surface area (Å²) in [6, 6.07) is 0. The Balaban J connectivity index is 1.39. The lowest BCUT2D eigenvalue weighted by Crippen LogP contribution is -2.45. The molecular weight excluding hydrogens is 383 g/mol. The SMILES string of the molecule is CC=C(NCC(=O)N1CCC(C(F)(F)F)CC1)c1c[nH]c2ncc(C3CC3)nc12. The fourth-order valence-corrected chi connectivity index (χ4v) is 3.78. The van der Waals surface area contributed by atoms with Crippen LogP contribution < -0.4 is 5.32 Å². The van der Waals surface area contributed by atoms with Crippen molar-refractivity contribution >= 4 is 22.8 Å². The maximum absolute atomic E-state index is 12.8. The maximum Gasteiger partial charge on any atom is 0.391 e. The summed E-state index contributed by atoms with van der Waals surface area (Å²) in [7, 11) is 0. The molecule has 0 unspecified atom stereocenters. The van der Waals surface area contributed by atoms with Gasteiger partial charge in [0.2, 0.25) is 5.91 Å². The van der Waals surface area contributed by atoms with Crippen molar-refractivity contribution in [3.05, 3.63) is 29.7 Å². The molecule has 9 heteroatoms. The van der Waals surface area contributed by atoms with E-state index in [4.69, 9.17) is 4.98 Å². The van der Waals surface area contributed by atoms with Gasteiger partial charge in [-0.1, -0.05) is 6.08 Å². The van der Waals surface area contributed by atoms with Crippen LogP contribution >= 0.6 is 0 Å². The number of H-pyrrole nitrogens is 1. The van der Waals surface area contributed by atoms with Crippen LogP contribution in [-0.4, -0.2) is 51.6 Å². The van der Waals surface area contributed by atoms with Gasteiger partial charge in [0.25, 0.3) is 0 Å². The number of amides is 1. The van der Waals surface area contributed by atoms with E-state index in [2.05, 4.69) is 15.3 Å². The number of nitrogens with zero attached hydrogens (tertiary/aromatic N) is 3. The molecule has 1 saturated carbocycles. The van der Waals surface area contributed by atoms with Gasteiger partial charge in [0.15, 0.2) is 5.65 Å². The number of likely N-dealkylation sites (tertiary alicyclic amines) is 1. The highest BCUT2D eigenvalue weighted by atomic mass is 19.4. The summed E-state index contributed by atoms with van der Waals surface area (Å²) < 4.78 is 38.4. The van der Waals surface area contributed by atoms with E-state index in [9.17, 15) is 18.0 Å². The molecule has 156 valence electrons. The number of nitrogens with one attached hydrogen (secondary N) is 2. The van der Waals surface area contributed by atoms with E-state index in [1.54, 1.807) is 6.20 Å². The summed E-state index contributed by atoms with van der Waals surface area (Å²) in [4.78, 5) is 26.3. The van der Waals surface area contributed by atoms with Crippen molar-refractivity contribution in [2.24, 2.45) is 5.92 Å². The van der Waals surface area contributed by atoms with E-state index in [0.29, 0.717) is 11.6 Å². The number of hydrogen-bond donors (Lipinski definition) is 2. The quantitative estimate of drug-likeness (QED) is 0.795. The van der Waals surface area contributed by atoms with Gasteiger partial charge in [-0.15, -0.1) is 0 Å². The molecule has 0 radical (unpaired) electrons. The summed E-state index contributed by atoms with van der Waals surface area (Å²) in [6.45, 7) is 2.16. The molecule has 1 aliphatic carbocycles. The molecule has 2 aromatic heterocycles. The molecule has 0 aromatic carbocycles. The third kappa shape index (κ3) is 4.23. The predicted octanol–water partition coefficient (Wildman–Crippen LogP) is 3.59. The van der Waals surface area contributed by atoms with Crippen LogP contribution in [0, 0.1) is 5.92 Å². The first-order valence-corrected chi connectivity index (χ1v) is 9.96. The van der Waals surface area contributed by atoms with Gasteiger partial charge in [0.05, 0.1) is 24.4 Å². The zero-order chi connectivity index (χ0) is 20.6. The van der Waals surface area contributed by atoms with E-state index in [1.807, 2.05) is 19.2 Å². The molecular formula is C20H24F3N5O.